The van der Waals surface area contributed by atoms with Gasteiger partial charge in [0.1, 0.15) is 11.7 Å². The van der Waals surface area contributed by atoms with Gasteiger partial charge in [-0.1, -0.05) is 73.0 Å². The molecule has 1 amide bonds. The number of amides is 1. The first kappa shape index (κ1) is 40.9. The number of aliphatic hydroxyl groups is 1. The second kappa shape index (κ2) is 15.6. The molecule has 7 heteroatoms. The van der Waals surface area contributed by atoms with Crippen LogP contribution in [0.5, 0.6) is 0 Å². The van der Waals surface area contributed by atoms with Crippen molar-refractivity contribution in [2.75, 3.05) is 0 Å². The summed E-state index contributed by atoms with van der Waals surface area (Å²) in [4.78, 5) is 39.7. The predicted molar refractivity (Wildman–Crippen MR) is 200 cm³/mol. The lowest BCUT2D eigenvalue weighted by atomic mass is 9.47. The number of ether oxygens (including phenoxy) is 2. The van der Waals surface area contributed by atoms with Crippen LogP contribution in [0, 0.1) is 58.2 Å². The molecule has 0 saturated heterocycles. The maximum atomic E-state index is 13.7. The Morgan fingerprint density at radius 1 is 0.940 bits per heavy atom. The van der Waals surface area contributed by atoms with Crippen LogP contribution in [0.15, 0.2) is 11.6 Å². The highest BCUT2D eigenvalue weighted by Crippen LogP contribution is 2.67. The van der Waals surface area contributed by atoms with Crippen LogP contribution in [0.25, 0.3) is 0 Å². The van der Waals surface area contributed by atoms with Crippen LogP contribution in [-0.2, 0) is 19.1 Å². The Labute approximate surface area is 304 Å². The molecule has 0 bridgehead atoms. The number of Topliss-reactive ketones (excluding diaryl/α,β-unsaturated/α-hetero) is 1. The van der Waals surface area contributed by atoms with E-state index in [-0.39, 0.29) is 41.5 Å². The first-order valence-corrected chi connectivity index (χ1v) is 20.2. The van der Waals surface area contributed by atoms with E-state index in [1.165, 1.54) is 37.7 Å². The summed E-state index contributed by atoms with van der Waals surface area (Å²) in [7, 11) is 0. The van der Waals surface area contributed by atoms with Gasteiger partial charge < -0.3 is 19.9 Å². The van der Waals surface area contributed by atoms with E-state index in [1.807, 2.05) is 41.5 Å². The van der Waals surface area contributed by atoms with Crippen LogP contribution in [0.2, 0.25) is 0 Å². The van der Waals surface area contributed by atoms with E-state index in [9.17, 15) is 19.5 Å². The van der Waals surface area contributed by atoms with Gasteiger partial charge >= 0.3 is 12.1 Å². The van der Waals surface area contributed by atoms with E-state index < -0.39 is 29.3 Å². The maximum Gasteiger partial charge on any atom is 0.408 e. The van der Waals surface area contributed by atoms with Crippen LogP contribution < -0.4 is 5.32 Å². The molecule has 0 spiro atoms. The number of fused-ring (bicyclic) bond motifs is 5. The summed E-state index contributed by atoms with van der Waals surface area (Å²) in [5.41, 5.74) is 0.810. The molecule has 0 heterocycles. The molecule has 0 aromatic carbocycles. The van der Waals surface area contributed by atoms with Crippen molar-refractivity contribution < 1.29 is 29.0 Å². The predicted octanol–water partition coefficient (Wildman–Crippen LogP) is 9.84. The van der Waals surface area contributed by atoms with Gasteiger partial charge in [0.2, 0.25) is 0 Å². The highest BCUT2D eigenvalue weighted by molar-refractivity contribution is 5.90. The van der Waals surface area contributed by atoms with Crippen LogP contribution in [0.1, 0.15) is 160 Å². The average Bonchev–Trinajstić information content (AvgIpc) is 3.34. The Morgan fingerprint density at radius 2 is 1.62 bits per heavy atom. The summed E-state index contributed by atoms with van der Waals surface area (Å²) in [6, 6.07) is -0.732. The van der Waals surface area contributed by atoms with Crippen molar-refractivity contribution in [3.05, 3.63) is 11.6 Å². The lowest BCUT2D eigenvalue weighted by Crippen LogP contribution is -2.51. The van der Waals surface area contributed by atoms with Gasteiger partial charge in [0, 0.05) is 12.8 Å². The Balaban J connectivity index is 1.38. The van der Waals surface area contributed by atoms with Crippen molar-refractivity contribution >= 4 is 17.8 Å². The van der Waals surface area contributed by atoms with Crippen molar-refractivity contribution in [3.8, 4) is 0 Å². The fourth-order valence-corrected chi connectivity index (χ4v) is 11.0. The summed E-state index contributed by atoms with van der Waals surface area (Å²) in [6.07, 6.45) is 14.1. The summed E-state index contributed by atoms with van der Waals surface area (Å²) in [5, 5.41) is 13.0. The van der Waals surface area contributed by atoms with Gasteiger partial charge in [0.05, 0.1) is 17.6 Å². The molecule has 4 aliphatic carbocycles. The zero-order valence-corrected chi connectivity index (χ0v) is 33.8. The van der Waals surface area contributed by atoms with Crippen LogP contribution in [0.4, 0.5) is 4.79 Å². The quantitative estimate of drug-likeness (QED) is 0.147. The lowest BCUT2D eigenvalue weighted by molar-refractivity contribution is -0.159. The number of esters is 1. The van der Waals surface area contributed by atoms with Crippen LogP contribution in [-0.4, -0.2) is 46.3 Å². The first-order valence-electron chi connectivity index (χ1n) is 20.2. The summed E-state index contributed by atoms with van der Waals surface area (Å²) in [6.45, 7) is 24.5. The van der Waals surface area contributed by atoms with Crippen LogP contribution in [0.3, 0.4) is 0 Å². The molecule has 7 nitrogen and oxygen atoms in total. The van der Waals surface area contributed by atoms with Gasteiger partial charge in [-0.2, -0.15) is 0 Å². The maximum absolute atomic E-state index is 13.7. The number of alkyl carbamates (subject to hydrolysis) is 1. The Morgan fingerprint density at radius 3 is 2.22 bits per heavy atom. The minimum atomic E-state index is -0.732. The number of ketones is 1. The van der Waals surface area contributed by atoms with Gasteiger partial charge in [-0.05, 0) is 138 Å². The number of carbonyl (C=O) groups excluding carboxylic acids is 3. The number of hydrogen-bond donors (Lipinski definition) is 2. The second-order valence-electron chi connectivity index (χ2n) is 19.9. The van der Waals surface area contributed by atoms with Crippen molar-refractivity contribution in [1.29, 1.82) is 0 Å². The standard InChI is InChI=1S/C43H73NO6/c1-26(2)32(25-36(45)37(27(3)4)44-39(47)50-40(6,7)8)38(46)49-30-19-22-42(11)29(24-30)15-16-31-34-18-17-33(43(34,12)23-20-35(31)42)28(5)14-13-21-41(9,10)48/h15,26-28,30-35,37,48H,13-14,16-25H2,1-12H3,(H,44,47)/t28-,30+,31+,32+,33-,34+,35+,37+,42+,43-/m1/s1. The minimum Gasteiger partial charge on any atom is -0.462 e. The fourth-order valence-electron chi connectivity index (χ4n) is 11.0. The zero-order valence-electron chi connectivity index (χ0n) is 33.8. The van der Waals surface area contributed by atoms with E-state index in [4.69, 9.17) is 9.47 Å². The molecule has 0 unspecified atom stereocenters. The highest BCUT2D eigenvalue weighted by atomic mass is 16.6. The second-order valence-corrected chi connectivity index (χ2v) is 19.9. The summed E-state index contributed by atoms with van der Waals surface area (Å²) < 4.78 is 11.7. The molecule has 0 aromatic heterocycles. The molecule has 0 aromatic rings. The summed E-state index contributed by atoms with van der Waals surface area (Å²) >= 11 is 0. The fraction of sp³-hybridized carbons (Fsp3) is 0.884. The SMILES string of the molecule is CC(C)[C@H](CC(=O)[C@@H](NC(=O)OC(C)(C)C)C(C)C)C(=O)O[C@H]1CC[C@@]2(C)C(=CC[C@H]3[C@@H]4CC[C@H]([C@H](C)CCCC(C)(C)O)[C@@]4(C)CC[C@@H]32)C1. The number of hydrogen-bond acceptors (Lipinski definition) is 6. The molecule has 10 atom stereocenters. The molecular weight excluding hydrogens is 626 g/mol. The Bertz CT molecular complexity index is 1240. The first-order chi connectivity index (χ1) is 23.1. The number of rotatable bonds is 13. The van der Waals surface area contributed by atoms with Gasteiger partial charge in [-0.25, -0.2) is 4.79 Å². The Hall–Kier alpha value is -1.89. The van der Waals surface area contributed by atoms with Gasteiger partial charge in [-0.15, -0.1) is 0 Å². The monoisotopic (exact) mass is 700 g/mol. The third kappa shape index (κ3) is 9.36. The average molecular weight is 700 g/mol. The normalized spacial score (nSPS) is 33.0. The third-order valence-corrected chi connectivity index (χ3v) is 13.8. The molecule has 0 aliphatic heterocycles. The Kier molecular flexibility index (Phi) is 12.8. The van der Waals surface area contributed by atoms with Crippen molar-refractivity contribution in [1.82, 2.24) is 5.32 Å². The topological polar surface area (TPSA) is 102 Å². The van der Waals surface area contributed by atoms with E-state index in [1.54, 1.807) is 20.8 Å². The third-order valence-electron chi connectivity index (χ3n) is 13.8. The molecule has 50 heavy (non-hydrogen) atoms. The lowest BCUT2D eigenvalue weighted by Gasteiger charge is -2.58. The smallest absolute Gasteiger partial charge is 0.408 e. The van der Waals surface area contributed by atoms with Crippen molar-refractivity contribution in [2.45, 2.75) is 183 Å². The molecule has 0 radical (unpaired) electrons. The van der Waals surface area contributed by atoms with E-state index >= 15 is 0 Å². The molecule has 4 rings (SSSR count). The van der Waals surface area contributed by atoms with Gasteiger partial charge in [-0.3, -0.25) is 9.59 Å². The molecule has 286 valence electrons. The van der Waals surface area contributed by atoms with Gasteiger partial charge in [0.15, 0.2) is 5.78 Å². The van der Waals surface area contributed by atoms with Gasteiger partial charge in [0.25, 0.3) is 0 Å². The van der Waals surface area contributed by atoms with Crippen LogP contribution >= 0.6 is 0 Å². The number of allylic oxidation sites excluding steroid dienone is 1. The highest BCUT2D eigenvalue weighted by Gasteiger charge is 2.59. The molecule has 4 aliphatic rings. The number of nitrogens with one attached hydrogen (secondary N) is 1. The zero-order chi connectivity index (χ0) is 37.4. The number of carbonyl (C=O) groups is 3. The van der Waals surface area contributed by atoms with Crippen molar-refractivity contribution in [2.24, 2.45) is 58.2 Å². The largest absolute Gasteiger partial charge is 0.462 e. The van der Waals surface area contributed by atoms with E-state index in [0.29, 0.717) is 17.3 Å². The molecule has 2 N–H and O–H groups in total. The molecular formula is C43H73NO6. The molecule has 3 fully saturated rings. The van der Waals surface area contributed by atoms with E-state index in [0.717, 1.165) is 56.3 Å². The minimum absolute atomic E-state index is 0.0330. The van der Waals surface area contributed by atoms with Crippen molar-refractivity contribution in [3.63, 3.8) is 0 Å². The summed E-state index contributed by atoms with van der Waals surface area (Å²) in [5.74, 6) is 2.43. The molecule has 3 saturated carbocycles. The van der Waals surface area contributed by atoms with E-state index in [2.05, 4.69) is 32.2 Å².